The molecule has 1 heteroatoms. The van der Waals surface area contributed by atoms with E-state index in [0.29, 0.717) is 0 Å². The van der Waals surface area contributed by atoms with Crippen LogP contribution in [0.3, 0.4) is 0 Å². The average molecular weight is 183 g/mol. The smallest absolute Gasteiger partial charge is 0.00385 e. The maximum Gasteiger partial charge on any atom is 0.00385 e. The summed E-state index contributed by atoms with van der Waals surface area (Å²) in [6, 6.07) is 0.729. The summed E-state index contributed by atoms with van der Waals surface area (Å²) in [5.74, 6) is 0.996. The molecule has 0 atom stereocenters. The highest BCUT2D eigenvalue weighted by Gasteiger charge is 2.17. The largest absolute Gasteiger partial charge is 0.301 e. The van der Waals surface area contributed by atoms with E-state index in [1.165, 1.54) is 45.2 Å². The van der Waals surface area contributed by atoms with Crippen LogP contribution in [0.1, 0.15) is 52.9 Å². The van der Waals surface area contributed by atoms with Crippen molar-refractivity contribution in [3.8, 4) is 0 Å². The highest BCUT2D eigenvalue weighted by Crippen LogP contribution is 2.24. The first-order valence-electron chi connectivity index (χ1n) is 5.98. The van der Waals surface area contributed by atoms with E-state index in [4.69, 9.17) is 0 Å². The van der Waals surface area contributed by atoms with Crippen molar-refractivity contribution in [2.24, 2.45) is 5.92 Å². The second-order valence-corrected chi connectivity index (χ2v) is 4.69. The fraction of sp³-hybridized carbons (Fsp3) is 1.00. The number of hydrogen-bond acceptors (Lipinski definition) is 1. The summed E-state index contributed by atoms with van der Waals surface area (Å²) in [7, 11) is 0. The highest BCUT2D eigenvalue weighted by atomic mass is 15.1. The summed E-state index contributed by atoms with van der Waals surface area (Å²) in [6.45, 7) is 9.46. The zero-order chi connectivity index (χ0) is 9.68. The lowest BCUT2D eigenvalue weighted by atomic mass is 9.89. The van der Waals surface area contributed by atoms with Gasteiger partial charge in [-0.3, -0.25) is 0 Å². The normalized spacial score (nSPS) is 20.1. The van der Waals surface area contributed by atoms with Crippen LogP contribution in [0.2, 0.25) is 0 Å². The Bertz CT molecular complexity index is 125. The van der Waals surface area contributed by atoms with Crippen LogP contribution >= 0.6 is 0 Å². The Kier molecular flexibility index (Phi) is 4.79. The molecule has 13 heavy (non-hydrogen) atoms. The Morgan fingerprint density at radius 2 is 1.77 bits per heavy atom. The summed E-state index contributed by atoms with van der Waals surface area (Å²) < 4.78 is 0. The molecular formula is C12H25N. The molecule has 0 saturated heterocycles. The van der Waals surface area contributed by atoms with E-state index in [1.807, 2.05) is 0 Å². The van der Waals surface area contributed by atoms with E-state index in [1.54, 1.807) is 0 Å². The average Bonchev–Trinajstić information content (AvgIpc) is 2.15. The van der Waals surface area contributed by atoms with Crippen LogP contribution in [0, 0.1) is 5.92 Å². The van der Waals surface area contributed by atoms with Crippen molar-refractivity contribution in [1.82, 2.24) is 4.90 Å². The minimum atomic E-state index is 0.729. The van der Waals surface area contributed by atoms with Gasteiger partial charge in [-0.25, -0.2) is 0 Å². The topological polar surface area (TPSA) is 3.24 Å². The van der Waals surface area contributed by atoms with Gasteiger partial charge in [0.25, 0.3) is 0 Å². The van der Waals surface area contributed by atoms with Crippen LogP contribution in [-0.4, -0.2) is 24.0 Å². The monoisotopic (exact) mass is 183 g/mol. The van der Waals surface area contributed by atoms with Gasteiger partial charge in [0.1, 0.15) is 0 Å². The number of hydrogen-bond donors (Lipinski definition) is 0. The molecule has 0 bridgehead atoms. The molecule has 0 aromatic rings. The van der Waals surface area contributed by atoms with Gasteiger partial charge in [-0.1, -0.05) is 26.2 Å². The van der Waals surface area contributed by atoms with Gasteiger partial charge in [-0.05, 0) is 39.2 Å². The Labute approximate surface area is 83.5 Å². The minimum Gasteiger partial charge on any atom is -0.301 e. The quantitative estimate of drug-likeness (QED) is 0.646. The molecule has 0 aromatic heterocycles. The van der Waals surface area contributed by atoms with Crippen LogP contribution in [0.5, 0.6) is 0 Å². The molecule has 0 unspecified atom stereocenters. The van der Waals surface area contributed by atoms with E-state index < -0.39 is 0 Å². The first-order chi connectivity index (χ1) is 6.24. The second-order valence-electron chi connectivity index (χ2n) is 4.69. The van der Waals surface area contributed by atoms with Gasteiger partial charge in [0, 0.05) is 12.6 Å². The SMILES string of the molecule is CCN(CC1CCCCC1)C(C)C. The van der Waals surface area contributed by atoms with Crippen molar-refractivity contribution in [2.75, 3.05) is 13.1 Å². The van der Waals surface area contributed by atoms with Gasteiger partial charge in [0.2, 0.25) is 0 Å². The summed E-state index contributed by atoms with van der Waals surface area (Å²) in [6.07, 6.45) is 7.37. The molecule has 0 N–H and O–H groups in total. The van der Waals surface area contributed by atoms with E-state index in [9.17, 15) is 0 Å². The number of rotatable bonds is 4. The van der Waals surface area contributed by atoms with Crippen LogP contribution in [0.15, 0.2) is 0 Å². The minimum absolute atomic E-state index is 0.729. The van der Waals surface area contributed by atoms with E-state index in [-0.39, 0.29) is 0 Å². The van der Waals surface area contributed by atoms with Crippen molar-refractivity contribution in [3.63, 3.8) is 0 Å². The van der Waals surface area contributed by atoms with E-state index in [2.05, 4.69) is 25.7 Å². The predicted molar refractivity (Wildman–Crippen MR) is 59.0 cm³/mol. The Hall–Kier alpha value is -0.0400. The van der Waals surface area contributed by atoms with Gasteiger partial charge in [-0.2, -0.15) is 0 Å². The van der Waals surface area contributed by atoms with E-state index >= 15 is 0 Å². The van der Waals surface area contributed by atoms with Crippen molar-refractivity contribution in [2.45, 2.75) is 58.9 Å². The fourth-order valence-corrected chi connectivity index (χ4v) is 2.41. The van der Waals surface area contributed by atoms with E-state index in [0.717, 1.165) is 12.0 Å². The first kappa shape index (κ1) is 11.0. The molecule has 1 aliphatic carbocycles. The molecule has 0 heterocycles. The molecule has 1 rings (SSSR count). The standard InChI is InChI=1S/C12H25N/c1-4-13(11(2)3)10-12-8-6-5-7-9-12/h11-12H,4-10H2,1-3H3. The predicted octanol–water partition coefficient (Wildman–Crippen LogP) is 3.30. The molecule has 78 valence electrons. The highest BCUT2D eigenvalue weighted by molar-refractivity contribution is 4.71. The van der Waals surface area contributed by atoms with Crippen LogP contribution < -0.4 is 0 Å². The van der Waals surface area contributed by atoms with Crippen molar-refractivity contribution >= 4 is 0 Å². The van der Waals surface area contributed by atoms with Gasteiger partial charge in [0.05, 0.1) is 0 Å². The Morgan fingerprint density at radius 3 is 2.23 bits per heavy atom. The Morgan fingerprint density at radius 1 is 1.15 bits per heavy atom. The maximum absolute atomic E-state index is 2.61. The third-order valence-corrected chi connectivity index (χ3v) is 3.35. The maximum atomic E-state index is 2.61. The fourth-order valence-electron chi connectivity index (χ4n) is 2.41. The van der Waals surface area contributed by atoms with Gasteiger partial charge in [0.15, 0.2) is 0 Å². The third-order valence-electron chi connectivity index (χ3n) is 3.35. The van der Waals surface area contributed by atoms with Crippen molar-refractivity contribution < 1.29 is 0 Å². The molecule has 0 amide bonds. The summed E-state index contributed by atoms with van der Waals surface area (Å²) in [4.78, 5) is 2.61. The Balaban J connectivity index is 2.27. The summed E-state index contributed by atoms with van der Waals surface area (Å²) >= 11 is 0. The van der Waals surface area contributed by atoms with Gasteiger partial charge >= 0.3 is 0 Å². The number of nitrogens with zero attached hydrogens (tertiary/aromatic N) is 1. The summed E-state index contributed by atoms with van der Waals surface area (Å²) in [5, 5.41) is 0. The molecule has 1 fully saturated rings. The lowest BCUT2D eigenvalue weighted by Crippen LogP contribution is -2.35. The van der Waals surface area contributed by atoms with Gasteiger partial charge in [-0.15, -0.1) is 0 Å². The molecule has 0 spiro atoms. The zero-order valence-corrected chi connectivity index (χ0v) is 9.55. The van der Waals surface area contributed by atoms with Gasteiger partial charge < -0.3 is 4.90 Å². The van der Waals surface area contributed by atoms with Crippen LogP contribution in [-0.2, 0) is 0 Å². The zero-order valence-electron chi connectivity index (χ0n) is 9.55. The molecule has 0 radical (unpaired) electrons. The molecule has 1 nitrogen and oxygen atoms in total. The lowest BCUT2D eigenvalue weighted by Gasteiger charge is -2.31. The van der Waals surface area contributed by atoms with Crippen LogP contribution in [0.4, 0.5) is 0 Å². The molecule has 1 saturated carbocycles. The third kappa shape index (κ3) is 3.68. The molecule has 0 aliphatic heterocycles. The molecule has 0 aromatic carbocycles. The first-order valence-corrected chi connectivity index (χ1v) is 5.98. The van der Waals surface area contributed by atoms with Crippen molar-refractivity contribution in [1.29, 1.82) is 0 Å². The lowest BCUT2D eigenvalue weighted by molar-refractivity contribution is 0.173. The summed E-state index contributed by atoms with van der Waals surface area (Å²) in [5.41, 5.74) is 0. The van der Waals surface area contributed by atoms with Crippen LogP contribution in [0.25, 0.3) is 0 Å². The molecule has 1 aliphatic rings. The molecular weight excluding hydrogens is 158 g/mol. The second kappa shape index (κ2) is 5.64. The van der Waals surface area contributed by atoms with Crippen molar-refractivity contribution in [3.05, 3.63) is 0 Å².